The Bertz CT molecular complexity index is 1510. The SMILES string of the molecule is Cc1nc(C)c([P+](O)(OCC2CCCO2)OCC2CCCO2)c(-c2cccc([N+](=O)[O-])c2)c1C(=O)OCCN(C)Cc1ccccc1. The van der Waals surface area contributed by atoms with Gasteiger partial charge in [-0.25, -0.2) is 4.79 Å². The van der Waals surface area contributed by atoms with E-state index in [0.717, 1.165) is 31.2 Å². The monoisotopic (exact) mass is 668 g/mol. The molecule has 2 fully saturated rings. The molecule has 3 aromatic rings. The number of carbonyl (C=O) groups is 1. The van der Waals surface area contributed by atoms with Crippen LogP contribution in [0.15, 0.2) is 54.6 Å². The van der Waals surface area contributed by atoms with Gasteiger partial charge in [0.25, 0.3) is 5.69 Å². The summed E-state index contributed by atoms with van der Waals surface area (Å²) in [6.45, 7) is 5.92. The van der Waals surface area contributed by atoms with Crippen LogP contribution in [-0.2, 0) is 29.8 Å². The van der Waals surface area contributed by atoms with Crippen LogP contribution in [0.4, 0.5) is 5.69 Å². The maximum Gasteiger partial charge on any atom is 0.448 e. The number of rotatable bonds is 15. The summed E-state index contributed by atoms with van der Waals surface area (Å²) in [5.41, 5.74) is 2.32. The average Bonchev–Trinajstić information content (AvgIpc) is 3.78. The van der Waals surface area contributed by atoms with Gasteiger partial charge in [-0.2, -0.15) is 13.9 Å². The van der Waals surface area contributed by atoms with E-state index in [1.807, 2.05) is 42.3 Å². The predicted octanol–water partition coefficient (Wildman–Crippen LogP) is 5.33. The summed E-state index contributed by atoms with van der Waals surface area (Å²) in [7, 11) is -2.04. The third-order valence-corrected chi connectivity index (χ3v) is 10.4. The molecule has 0 spiro atoms. The number of ether oxygens (including phenoxy) is 3. The number of likely N-dealkylation sites (N-methyl/N-ethyl adjacent to an activating group) is 1. The molecule has 0 aliphatic carbocycles. The van der Waals surface area contributed by atoms with Gasteiger partial charge >= 0.3 is 13.9 Å². The van der Waals surface area contributed by atoms with Gasteiger partial charge < -0.3 is 14.2 Å². The molecule has 2 unspecified atom stereocenters. The molecule has 0 saturated carbocycles. The van der Waals surface area contributed by atoms with Crippen molar-refractivity contribution in [3.05, 3.63) is 87.2 Å². The van der Waals surface area contributed by atoms with Crippen molar-refractivity contribution in [1.82, 2.24) is 9.88 Å². The molecular formula is C34H43N3O9P+. The number of nitrogens with zero attached hydrogens (tertiary/aromatic N) is 3. The van der Waals surface area contributed by atoms with Gasteiger partial charge in [0.2, 0.25) is 5.30 Å². The van der Waals surface area contributed by atoms with E-state index in [9.17, 15) is 19.8 Å². The van der Waals surface area contributed by atoms with Crippen molar-refractivity contribution >= 4 is 24.9 Å². The largest absolute Gasteiger partial charge is 0.461 e. The number of non-ortho nitro benzene ring substituents is 1. The standard InChI is InChI=1S/C34H43N3O9P/c1-24-31(34(38)44-19-16-36(3)21-26-10-5-4-6-11-26)32(27-12-7-13-28(20-27)37(39)40)33(25(2)35-24)47(41,45-22-29-14-8-17-42-29)46-23-30-15-9-18-43-30/h4-7,10-13,20,29-30,41H,8-9,14-19,21-23H2,1-3H3/q+1. The number of hydrogen-bond donors (Lipinski definition) is 1. The molecule has 5 rings (SSSR count). The number of pyridine rings is 1. The first-order chi connectivity index (χ1) is 22.6. The van der Waals surface area contributed by atoms with E-state index in [0.29, 0.717) is 43.3 Å². The Labute approximate surface area is 275 Å². The van der Waals surface area contributed by atoms with E-state index in [1.165, 1.54) is 18.2 Å². The topological polar surface area (TPSA) is 143 Å². The Morgan fingerprint density at radius 2 is 1.68 bits per heavy atom. The van der Waals surface area contributed by atoms with Gasteiger partial charge in [-0.3, -0.25) is 20.0 Å². The van der Waals surface area contributed by atoms with Crippen molar-refractivity contribution in [2.24, 2.45) is 0 Å². The smallest absolute Gasteiger partial charge is 0.448 e. The lowest BCUT2D eigenvalue weighted by Crippen LogP contribution is -2.30. The van der Waals surface area contributed by atoms with Crippen LogP contribution >= 0.6 is 7.94 Å². The zero-order chi connectivity index (χ0) is 33.4. The van der Waals surface area contributed by atoms with Crippen LogP contribution in [0.5, 0.6) is 0 Å². The lowest BCUT2D eigenvalue weighted by atomic mass is 9.97. The third-order valence-electron chi connectivity index (χ3n) is 8.28. The fourth-order valence-corrected chi connectivity index (χ4v) is 7.97. The molecule has 2 atom stereocenters. The molecule has 3 heterocycles. The normalized spacial score (nSPS) is 19.2. The zero-order valence-corrected chi connectivity index (χ0v) is 28.0. The lowest BCUT2D eigenvalue weighted by molar-refractivity contribution is -0.384. The summed E-state index contributed by atoms with van der Waals surface area (Å²) < 4.78 is 29.8. The van der Waals surface area contributed by atoms with Crippen LogP contribution in [0, 0.1) is 24.0 Å². The van der Waals surface area contributed by atoms with Gasteiger partial charge in [0.1, 0.15) is 19.8 Å². The summed E-state index contributed by atoms with van der Waals surface area (Å²) in [5, 5.41) is 12.0. The van der Waals surface area contributed by atoms with Gasteiger partial charge in [-0.15, -0.1) is 0 Å². The minimum absolute atomic E-state index is 0.0605. The third kappa shape index (κ3) is 8.97. The molecule has 47 heavy (non-hydrogen) atoms. The molecular weight excluding hydrogens is 625 g/mol. The molecule has 0 radical (unpaired) electrons. The molecule has 252 valence electrons. The Morgan fingerprint density at radius 1 is 1.02 bits per heavy atom. The van der Waals surface area contributed by atoms with Crippen molar-refractivity contribution < 1.29 is 37.9 Å². The van der Waals surface area contributed by atoms with Gasteiger partial charge in [-0.05, 0) is 57.7 Å². The zero-order valence-electron chi connectivity index (χ0n) is 27.1. The molecule has 2 aliphatic rings. The number of benzene rings is 2. The summed E-state index contributed by atoms with van der Waals surface area (Å²) >= 11 is 0. The van der Waals surface area contributed by atoms with E-state index in [2.05, 4.69) is 4.98 Å². The van der Waals surface area contributed by atoms with Gasteiger partial charge in [0, 0.05) is 38.4 Å². The number of esters is 1. The molecule has 12 nitrogen and oxygen atoms in total. The van der Waals surface area contributed by atoms with Crippen LogP contribution in [0.25, 0.3) is 11.1 Å². The minimum Gasteiger partial charge on any atom is -0.461 e. The van der Waals surface area contributed by atoms with Gasteiger partial charge in [-0.1, -0.05) is 42.5 Å². The highest BCUT2D eigenvalue weighted by Gasteiger charge is 2.51. The van der Waals surface area contributed by atoms with Crippen molar-refractivity contribution in [2.75, 3.05) is 46.6 Å². The fraction of sp³-hybridized carbons (Fsp3) is 0.471. The highest BCUT2D eigenvalue weighted by Crippen LogP contribution is 2.59. The van der Waals surface area contributed by atoms with Gasteiger partial charge in [0.05, 0.1) is 39.6 Å². The molecule has 0 amide bonds. The second-order valence-corrected chi connectivity index (χ2v) is 13.9. The van der Waals surface area contributed by atoms with E-state index >= 15 is 0 Å². The van der Waals surface area contributed by atoms with Crippen molar-refractivity contribution in [2.45, 2.75) is 58.3 Å². The quantitative estimate of drug-likeness (QED) is 0.0971. The number of nitro groups is 1. The molecule has 2 aromatic carbocycles. The van der Waals surface area contributed by atoms with Crippen LogP contribution in [-0.4, -0.2) is 84.5 Å². The first kappa shape index (κ1) is 35.0. The molecule has 1 aromatic heterocycles. The summed E-state index contributed by atoms with van der Waals surface area (Å²) in [4.78, 5) is 44.4. The molecule has 0 bridgehead atoms. The van der Waals surface area contributed by atoms with Crippen LogP contribution < -0.4 is 5.30 Å². The van der Waals surface area contributed by atoms with E-state index in [4.69, 9.17) is 23.3 Å². The lowest BCUT2D eigenvalue weighted by Gasteiger charge is -2.24. The summed E-state index contributed by atoms with van der Waals surface area (Å²) in [6, 6.07) is 15.9. The Hall–Kier alpha value is -3.35. The predicted molar refractivity (Wildman–Crippen MR) is 177 cm³/mol. The molecule has 2 aliphatic heterocycles. The van der Waals surface area contributed by atoms with Gasteiger partial charge in [0.15, 0.2) is 0 Å². The van der Waals surface area contributed by atoms with E-state index in [1.54, 1.807) is 19.9 Å². The Morgan fingerprint density at radius 3 is 2.28 bits per heavy atom. The summed E-state index contributed by atoms with van der Waals surface area (Å²) in [6.07, 6.45) is 2.83. The number of aromatic nitrogens is 1. The van der Waals surface area contributed by atoms with Crippen molar-refractivity contribution in [1.29, 1.82) is 0 Å². The second-order valence-electron chi connectivity index (χ2n) is 11.9. The van der Waals surface area contributed by atoms with Crippen molar-refractivity contribution in [3.8, 4) is 11.1 Å². The average molecular weight is 669 g/mol. The minimum atomic E-state index is -3.98. The maximum absolute atomic E-state index is 13.9. The number of nitro benzene ring substituents is 1. The first-order valence-corrected chi connectivity index (χ1v) is 17.5. The van der Waals surface area contributed by atoms with Crippen LogP contribution in [0.3, 0.4) is 0 Å². The number of aryl methyl sites for hydroxylation is 2. The Balaban J connectivity index is 1.52. The van der Waals surface area contributed by atoms with Crippen LogP contribution in [0.2, 0.25) is 0 Å². The molecule has 1 N–H and O–H groups in total. The first-order valence-electron chi connectivity index (χ1n) is 15.9. The fourth-order valence-electron chi connectivity index (χ4n) is 5.92. The van der Waals surface area contributed by atoms with Crippen LogP contribution in [0.1, 0.15) is 53.0 Å². The number of hydrogen-bond acceptors (Lipinski definition) is 11. The summed E-state index contributed by atoms with van der Waals surface area (Å²) in [5.74, 6) is -0.671. The highest BCUT2D eigenvalue weighted by atomic mass is 31.2. The molecule has 13 heteroatoms. The molecule has 2 saturated heterocycles. The van der Waals surface area contributed by atoms with Crippen molar-refractivity contribution in [3.63, 3.8) is 0 Å². The highest BCUT2D eigenvalue weighted by molar-refractivity contribution is 7.69. The van der Waals surface area contributed by atoms with E-state index < -0.39 is 18.8 Å². The number of carbonyl (C=O) groups excluding carboxylic acids is 1. The second kappa shape index (κ2) is 16.2. The Kier molecular flexibility index (Phi) is 12.0. The van der Waals surface area contributed by atoms with E-state index in [-0.39, 0.29) is 54.1 Å². The maximum atomic E-state index is 13.9.